The number of rotatable bonds is 5. The van der Waals surface area contributed by atoms with Crippen molar-refractivity contribution in [3.05, 3.63) is 28.8 Å². The van der Waals surface area contributed by atoms with Crippen molar-refractivity contribution in [2.75, 3.05) is 6.79 Å². The van der Waals surface area contributed by atoms with Crippen molar-refractivity contribution in [1.82, 2.24) is 0 Å². The van der Waals surface area contributed by atoms with Crippen molar-refractivity contribution >= 4 is 5.57 Å². The highest BCUT2D eigenvalue weighted by Crippen LogP contribution is 2.46. The van der Waals surface area contributed by atoms with E-state index >= 15 is 0 Å². The van der Waals surface area contributed by atoms with E-state index in [4.69, 9.17) is 9.47 Å². The van der Waals surface area contributed by atoms with Crippen LogP contribution in [0.15, 0.2) is 6.58 Å². The molecule has 2 rings (SSSR count). The maximum absolute atomic E-state index is 5.73. The third kappa shape index (κ3) is 2.13. The predicted molar refractivity (Wildman–Crippen MR) is 80.0 cm³/mol. The zero-order valence-corrected chi connectivity index (χ0v) is 12.6. The second-order valence-electron chi connectivity index (χ2n) is 4.89. The van der Waals surface area contributed by atoms with Gasteiger partial charge in [-0.3, -0.25) is 0 Å². The van der Waals surface area contributed by atoms with Crippen LogP contribution in [0.5, 0.6) is 11.5 Å². The average Bonchev–Trinajstić information content (AvgIpc) is 2.92. The summed E-state index contributed by atoms with van der Waals surface area (Å²) in [6, 6.07) is 0. The SMILES string of the molecule is C=C(CC)c1c(CC)c(CC)c2c(c1CC)OCO2. The summed E-state index contributed by atoms with van der Waals surface area (Å²) < 4.78 is 11.5. The minimum atomic E-state index is 0.348. The molecule has 1 heterocycles. The zero-order valence-electron chi connectivity index (χ0n) is 12.6. The highest BCUT2D eigenvalue weighted by molar-refractivity contribution is 5.76. The lowest BCUT2D eigenvalue weighted by molar-refractivity contribution is 0.172. The molecule has 0 aromatic heterocycles. The van der Waals surface area contributed by atoms with Gasteiger partial charge in [-0.05, 0) is 42.4 Å². The molecule has 0 aliphatic carbocycles. The highest BCUT2D eigenvalue weighted by Gasteiger charge is 2.27. The minimum Gasteiger partial charge on any atom is -0.453 e. The summed E-state index contributed by atoms with van der Waals surface area (Å²) in [6.07, 6.45) is 3.92. The van der Waals surface area contributed by atoms with E-state index in [1.165, 1.54) is 27.8 Å². The van der Waals surface area contributed by atoms with E-state index in [9.17, 15) is 0 Å². The third-order valence-electron chi connectivity index (χ3n) is 3.97. The molecule has 0 N–H and O–H groups in total. The van der Waals surface area contributed by atoms with Crippen molar-refractivity contribution in [3.8, 4) is 11.5 Å². The van der Waals surface area contributed by atoms with Crippen LogP contribution in [0.25, 0.3) is 5.57 Å². The maximum Gasteiger partial charge on any atom is 0.231 e. The molecule has 0 spiro atoms. The molecule has 2 heteroatoms. The first-order valence-corrected chi connectivity index (χ1v) is 7.33. The first-order chi connectivity index (χ1) is 9.19. The first kappa shape index (κ1) is 14.0. The van der Waals surface area contributed by atoms with Crippen LogP contribution in [-0.2, 0) is 19.3 Å². The Balaban J connectivity index is 2.79. The Morgan fingerprint density at radius 3 is 1.89 bits per heavy atom. The second-order valence-corrected chi connectivity index (χ2v) is 4.89. The number of benzene rings is 1. The number of fused-ring (bicyclic) bond motifs is 1. The van der Waals surface area contributed by atoms with E-state index in [1.54, 1.807) is 0 Å². The Labute approximate surface area is 116 Å². The smallest absolute Gasteiger partial charge is 0.231 e. The van der Waals surface area contributed by atoms with Gasteiger partial charge in [0.05, 0.1) is 0 Å². The van der Waals surface area contributed by atoms with Crippen LogP contribution in [-0.4, -0.2) is 6.79 Å². The molecule has 104 valence electrons. The summed E-state index contributed by atoms with van der Waals surface area (Å²) in [5.74, 6) is 1.94. The van der Waals surface area contributed by atoms with Gasteiger partial charge in [0, 0.05) is 11.1 Å². The van der Waals surface area contributed by atoms with Crippen molar-refractivity contribution in [3.63, 3.8) is 0 Å². The van der Waals surface area contributed by atoms with Crippen LogP contribution in [0.1, 0.15) is 56.4 Å². The second kappa shape index (κ2) is 5.68. The fraction of sp³-hybridized carbons (Fsp3) is 0.529. The van der Waals surface area contributed by atoms with Crippen LogP contribution < -0.4 is 9.47 Å². The molecule has 1 aromatic rings. The molecule has 0 saturated carbocycles. The Morgan fingerprint density at radius 1 is 0.895 bits per heavy atom. The summed E-state index contributed by atoms with van der Waals surface area (Å²) in [5, 5.41) is 0. The number of hydrogen-bond donors (Lipinski definition) is 0. The Hall–Kier alpha value is -1.44. The van der Waals surface area contributed by atoms with Gasteiger partial charge in [-0.2, -0.15) is 0 Å². The van der Waals surface area contributed by atoms with Crippen LogP contribution in [0.2, 0.25) is 0 Å². The van der Waals surface area contributed by atoms with E-state index in [1.807, 2.05) is 0 Å². The number of allylic oxidation sites excluding steroid dienone is 1. The normalized spacial score (nSPS) is 12.8. The Kier molecular flexibility index (Phi) is 4.18. The summed E-state index contributed by atoms with van der Waals surface area (Å²) >= 11 is 0. The standard InChI is InChI=1S/C17H24O2/c1-6-11(5)15-12(7-2)13(8-3)16-17(14(15)9-4)19-10-18-16/h5-10H2,1-4H3. The number of hydrogen-bond acceptors (Lipinski definition) is 2. The van der Waals surface area contributed by atoms with E-state index in [0.717, 1.165) is 37.2 Å². The predicted octanol–water partition coefficient (Wildman–Crippen LogP) is 4.53. The van der Waals surface area contributed by atoms with Crippen molar-refractivity contribution < 1.29 is 9.47 Å². The lowest BCUT2D eigenvalue weighted by Crippen LogP contribution is -2.04. The summed E-state index contributed by atoms with van der Waals surface area (Å²) in [5.41, 5.74) is 6.51. The fourth-order valence-corrected chi connectivity index (χ4v) is 3.02. The van der Waals surface area contributed by atoms with Gasteiger partial charge in [0.1, 0.15) is 0 Å². The van der Waals surface area contributed by atoms with Gasteiger partial charge >= 0.3 is 0 Å². The van der Waals surface area contributed by atoms with Crippen LogP contribution in [0, 0.1) is 0 Å². The van der Waals surface area contributed by atoms with Gasteiger partial charge in [0.15, 0.2) is 11.5 Å². The molecule has 1 aliphatic rings. The fourth-order valence-electron chi connectivity index (χ4n) is 3.02. The molecular weight excluding hydrogens is 236 g/mol. The van der Waals surface area contributed by atoms with E-state index in [2.05, 4.69) is 34.3 Å². The third-order valence-corrected chi connectivity index (χ3v) is 3.97. The summed E-state index contributed by atoms with van der Waals surface area (Å²) in [4.78, 5) is 0. The first-order valence-electron chi connectivity index (χ1n) is 7.33. The Bertz CT molecular complexity index is 501. The zero-order chi connectivity index (χ0) is 14.0. The molecule has 0 bridgehead atoms. The maximum atomic E-state index is 5.73. The van der Waals surface area contributed by atoms with Gasteiger partial charge in [0.25, 0.3) is 0 Å². The summed E-state index contributed by atoms with van der Waals surface area (Å²) in [6.45, 7) is 13.3. The summed E-state index contributed by atoms with van der Waals surface area (Å²) in [7, 11) is 0. The van der Waals surface area contributed by atoms with Crippen molar-refractivity contribution in [2.45, 2.75) is 53.4 Å². The van der Waals surface area contributed by atoms with Gasteiger partial charge in [-0.15, -0.1) is 0 Å². The molecule has 0 radical (unpaired) electrons. The minimum absolute atomic E-state index is 0.348. The number of ether oxygens (including phenoxy) is 2. The molecular formula is C17H24O2. The molecule has 0 atom stereocenters. The highest BCUT2D eigenvalue weighted by atomic mass is 16.7. The molecule has 0 unspecified atom stereocenters. The molecule has 0 saturated heterocycles. The van der Waals surface area contributed by atoms with Crippen molar-refractivity contribution in [2.24, 2.45) is 0 Å². The lowest BCUT2D eigenvalue weighted by atomic mass is 9.86. The topological polar surface area (TPSA) is 18.5 Å². The largest absolute Gasteiger partial charge is 0.453 e. The molecule has 19 heavy (non-hydrogen) atoms. The molecule has 0 amide bonds. The van der Waals surface area contributed by atoms with Gasteiger partial charge < -0.3 is 9.47 Å². The van der Waals surface area contributed by atoms with Crippen LogP contribution in [0.3, 0.4) is 0 Å². The van der Waals surface area contributed by atoms with Gasteiger partial charge in [-0.25, -0.2) is 0 Å². The van der Waals surface area contributed by atoms with E-state index in [-0.39, 0.29) is 0 Å². The van der Waals surface area contributed by atoms with Gasteiger partial charge in [-0.1, -0.05) is 34.3 Å². The van der Waals surface area contributed by atoms with E-state index in [0.29, 0.717) is 6.79 Å². The van der Waals surface area contributed by atoms with Gasteiger partial charge in [0.2, 0.25) is 6.79 Å². The molecule has 1 aromatic carbocycles. The molecule has 2 nitrogen and oxygen atoms in total. The van der Waals surface area contributed by atoms with Crippen LogP contribution in [0.4, 0.5) is 0 Å². The molecule has 0 fully saturated rings. The molecule has 1 aliphatic heterocycles. The van der Waals surface area contributed by atoms with E-state index < -0.39 is 0 Å². The van der Waals surface area contributed by atoms with Crippen molar-refractivity contribution in [1.29, 1.82) is 0 Å². The average molecular weight is 260 g/mol. The van der Waals surface area contributed by atoms with Crippen LogP contribution >= 0.6 is 0 Å². The monoisotopic (exact) mass is 260 g/mol. The lowest BCUT2D eigenvalue weighted by Gasteiger charge is -2.21. The Morgan fingerprint density at radius 2 is 1.42 bits per heavy atom. The quantitative estimate of drug-likeness (QED) is 0.774.